The van der Waals surface area contributed by atoms with E-state index in [1.54, 1.807) is 0 Å². The number of hydrogen-bond donors (Lipinski definition) is 3. The molecule has 2 aromatic rings. The Labute approximate surface area is 128 Å². The van der Waals surface area contributed by atoms with Gasteiger partial charge in [-0.05, 0) is 26.2 Å². The van der Waals surface area contributed by atoms with E-state index in [0.717, 1.165) is 42.1 Å². The molecule has 0 spiro atoms. The molecule has 22 heavy (non-hydrogen) atoms. The first-order valence-electron chi connectivity index (χ1n) is 7.73. The van der Waals surface area contributed by atoms with E-state index >= 15 is 0 Å². The van der Waals surface area contributed by atoms with Gasteiger partial charge in [0.2, 0.25) is 5.95 Å². The summed E-state index contributed by atoms with van der Waals surface area (Å²) in [5, 5.41) is 12.7. The average molecular weight is 300 g/mol. The predicted octanol–water partition coefficient (Wildman–Crippen LogP) is 1.40. The second kappa shape index (κ2) is 4.95. The molecule has 1 fully saturated rings. The van der Waals surface area contributed by atoms with Gasteiger partial charge in [0.25, 0.3) is 0 Å². The summed E-state index contributed by atoms with van der Waals surface area (Å²) in [6, 6.07) is 0.637. The standard InChI is InChI=1S/C15H20N6O/c1-8-17-12-13(18-10-3-4-10)19-15(16)20-14(12)21(8)11-5-2-9(6-11)7-22/h2,5,9-11,22H,3-4,6-7H2,1H3,(H3,16,18,19,20)/t9-,11+/m1/s1. The summed E-state index contributed by atoms with van der Waals surface area (Å²) in [4.78, 5) is 13.4. The fourth-order valence-corrected chi connectivity index (χ4v) is 3.10. The SMILES string of the molecule is Cc1nc2c(NC3CC3)nc(N)nc2n1[C@H]1C=C[C@@H](CO)C1. The minimum atomic E-state index is 0.158. The Hall–Kier alpha value is -2.15. The molecule has 2 atom stereocenters. The third kappa shape index (κ3) is 2.21. The van der Waals surface area contributed by atoms with E-state index in [9.17, 15) is 5.11 Å². The summed E-state index contributed by atoms with van der Waals surface area (Å²) >= 11 is 0. The maximum Gasteiger partial charge on any atom is 0.224 e. The van der Waals surface area contributed by atoms with Gasteiger partial charge in [-0.2, -0.15) is 9.97 Å². The number of hydrogen-bond acceptors (Lipinski definition) is 6. The Kier molecular flexibility index (Phi) is 3.04. The molecule has 2 aliphatic rings. The Morgan fingerprint density at radius 2 is 2.14 bits per heavy atom. The van der Waals surface area contributed by atoms with Gasteiger partial charge in [-0.1, -0.05) is 12.2 Å². The van der Waals surface area contributed by atoms with Crippen molar-refractivity contribution in [3.05, 3.63) is 18.0 Å². The van der Waals surface area contributed by atoms with E-state index in [0.29, 0.717) is 6.04 Å². The fraction of sp³-hybridized carbons (Fsp3) is 0.533. The van der Waals surface area contributed by atoms with Gasteiger partial charge in [0.15, 0.2) is 17.0 Å². The van der Waals surface area contributed by atoms with Crippen molar-refractivity contribution in [1.29, 1.82) is 0 Å². The molecule has 7 heteroatoms. The number of nitrogen functional groups attached to an aromatic ring is 1. The van der Waals surface area contributed by atoms with Crippen molar-refractivity contribution in [1.82, 2.24) is 19.5 Å². The molecule has 2 aliphatic carbocycles. The van der Waals surface area contributed by atoms with Gasteiger partial charge in [-0.15, -0.1) is 0 Å². The predicted molar refractivity (Wildman–Crippen MR) is 84.5 cm³/mol. The lowest BCUT2D eigenvalue weighted by Gasteiger charge is -2.15. The van der Waals surface area contributed by atoms with Crippen LogP contribution in [0, 0.1) is 12.8 Å². The van der Waals surface area contributed by atoms with Crippen molar-refractivity contribution in [3.63, 3.8) is 0 Å². The molecule has 4 N–H and O–H groups in total. The van der Waals surface area contributed by atoms with Crippen LogP contribution in [0.2, 0.25) is 0 Å². The summed E-state index contributed by atoms with van der Waals surface area (Å²) in [7, 11) is 0. The number of nitrogens with two attached hydrogens (primary N) is 1. The molecule has 7 nitrogen and oxygen atoms in total. The molecular weight excluding hydrogens is 280 g/mol. The van der Waals surface area contributed by atoms with Crippen LogP contribution in [-0.4, -0.2) is 37.3 Å². The monoisotopic (exact) mass is 300 g/mol. The van der Waals surface area contributed by atoms with Crippen LogP contribution in [0.1, 0.15) is 31.1 Å². The first-order chi connectivity index (χ1) is 10.7. The van der Waals surface area contributed by atoms with E-state index in [2.05, 4.69) is 37.0 Å². The zero-order valence-corrected chi connectivity index (χ0v) is 12.5. The molecule has 0 radical (unpaired) electrons. The highest BCUT2D eigenvalue weighted by Gasteiger charge is 2.27. The Bertz CT molecular complexity index is 748. The van der Waals surface area contributed by atoms with Crippen LogP contribution in [0.25, 0.3) is 11.2 Å². The molecule has 0 saturated heterocycles. The van der Waals surface area contributed by atoms with Crippen LogP contribution >= 0.6 is 0 Å². The summed E-state index contributed by atoms with van der Waals surface area (Å²) in [5.74, 6) is 2.08. The number of fused-ring (bicyclic) bond motifs is 1. The van der Waals surface area contributed by atoms with Crippen LogP contribution in [0.4, 0.5) is 11.8 Å². The number of nitrogens with one attached hydrogen (secondary N) is 1. The molecule has 2 aromatic heterocycles. The molecule has 0 aliphatic heterocycles. The molecule has 2 heterocycles. The summed E-state index contributed by atoms with van der Waals surface area (Å²) in [5.41, 5.74) is 7.43. The highest BCUT2D eigenvalue weighted by atomic mass is 16.3. The van der Waals surface area contributed by atoms with E-state index in [4.69, 9.17) is 5.73 Å². The lowest BCUT2D eigenvalue weighted by Crippen LogP contribution is -2.11. The topological polar surface area (TPSA) is 102 Å². The molecule has 4 rings (SSSR count). The Morgan fingerprint density at radius 3 is 2.82 bits per heavy atom. The minimum Gasteiger partial charge on any atom is -0.396 e. The second-order valence-corrected chi connectivity index (χ2v) is 6.18. The third-order valence-electron chi connectivity index (χ3n) is 4.37. The fourth-order valence-electron chi connectivity index (χ4n) is 3.10. The van der Waals surface area contributed by atoms with Gasteiger partial charge in [-0.3, -0.25) is 0 Å². The molecular formula is C15H20N6O. The third-order valence-corrected chi connectivity index (χ3v) is 4.37. The normalized spacial score (nSPS) is 24.3. The highest BCUT2D eigenvalue weighted by molar-refractivity contribution is 5.85. The van der Waals surface area contributed by atoms with Gasteiger partial charge in [0.05, 0.1) is 6.04 Å². The number of imidazole rings is 1. The lowest BCUT2D eigenvalue weighted by molar-refractivity contribution is 0.244. The largest absolute Gasteiger partial charge is 0.396 e. The zero-order valence-electron chi connectivity index (χ0n) is 12.5. The quantitative estimate of drug-likeness (QED) is 0.738. The highest BCUT2D eigenvalue weighted by Crippen LogP contribution is 2.34. The maximum absolute atomic E-state index is 9.33. The van der Waals surface area contributed by atoms with Crippen molar-refractivity contribution in [2.45, 2.75) is 38.3 Å². The van der Waals surface area contributed by atoms with Crippen molar-refractivity contribution in [2.75, 3.05) is 17.7 Å². The number of aromatic nitrogens is 4. The number of aryl methyl sites for hydroxylation is 1. The van der Waals surface area contributed by atoms with Gasteiger partial charge < -0.3 is 20.7 Å². The number of aliphatic hydroxyl groups is 1. The minimum absolute atomic E-state index is 0.158. The number of anilines is 2. The van der Waals surface area contributed by atoms with Crippen molar-refractivity contribution < 1.29 is 5.11 Å². The molecule has 0 bridgehead atoms. The number of aliphatic hydroxyl groups excluding tert-OH is 1. The Morgan fingerprint density at radius 1 is 1.32 bits per heavy atom. The first kappa shape index (κ1) is 13.5. The van der Waals surface area contributed by atoms with Crippen LogP contribution < -0.4 is 11.1 Å². The summed E-state index contributed by atoms with van der Waals surface area (Å²) in [6.45, 7) is 2.14. The summed E-state index contributed by atoms with van der Waals surface area (Å²) in [6.07, 6.45) is 7.35. The molecule has 0 unspecified atom stereocenters. The maximum atomic E-state index is 9.33. The molecule has 1 saturated carbocycles. The van der Waals surface area contributed by atoms with E-state index in [1.807, 2.05) is 6.92 Å². The smallest absolute Gasteiger partial charge is 0.224 e. The molecule has 0 amide bonds. The van der Waals surface area contributed by atoms with Crippen molar-refractivity contribution in [2.24, 2.45) is 5.92 Å². The van der Waals surface area contributed by atoms with Gasteiger partial charge in [0.1, 0.15) is 5.82 Å². The van der Waals surface area contributed by atoms with Crippen LogP contribution in [0.3, 0.4) is 0 Å². The number of rotatable bonds is 4. The van der Waals surface area contributed by atoms with E-state index < -0.39 is 0 Å². The number of nitrogens with zero attached hydrogens (tertiary/aromatic N) is 4. The van der Waals surface area contributed by atoms with E-state index in [1.165, 1.54) is 0 Å². The molecule has 0 aromatic carbocycles. The van der Waals surface area contributed by atoms with E-state index in [-0.39, 0.29) is 24.5 Å². The van der Waals surface area contributed by atoms with Crippen molar-refractivity contribution in [3.8, 4) is 0 Å². The van der Waals surface area contributed by atoms with Gasteiger partial charge in [0, 0.05) is 18.6 Å². The lowest BCUT2D eigenvalue weighted by atomic mass is 10.1. The van der Waals surface area contributed by atoms with Gasteiger partial charge >= 0.3 is 0 Å². The van der Waals surface area contributed by atoms with Gasteiger partial charge in [-0.25, -0.2) is 4.98 Å². The average Bonchev–Trinajstić information content (AvgIpc) is 3.06. The Balaban J connectivity index is 1.80. The second-order valence-electron chi connectivity index (χ2n) is 6.18. The zero-order chi connectivity index (χ0) is 15.3. The van der Waals surface area contributed by atoms with Crippen LogP contribution in [0.5, 0.6) is 0 Å². The van der Waals surface area contributed by atoms with Crippen LogP contribution in [-0.2, 0) is 0 Å². The van der Waals surface area contributed by atoms with Crippen LogP contribution in [0.15, 0.2) is 12.2 Å². The first-order valence-corrected chi connectivity index (χ1v) is 7.73. The molecule has 116 valence electrons. The summed E-state index contributed by atoms with van der Waals surface area (Å²) < 4.78 is 2.09. The number of allylic oxidation sites excluding steroid dienone is 1. The van der Waals surface area contributed by atoms with Crippen molar-refractivity contribution >= 4 is 22.9 Å².